The molecule has 1 fully saturated rings. The molecule has 1 aromatic rings. The van der Waals surface area contributed by atoms with Crippen LogP contribution in [0.25, 0.3) is 0 Å². The number of rotatable bonds is 6. The Kier molecular flexibility index (Phi) is 5.83. The van der Waals surface area contributed by atoms with Gasteiger partial charge >= 0.3 is 0 Å². The molecule has 19 heavy (non-hydrogen) atoms. The Balaban J connectivity index is 2.02. The van der Waals surface area contributed by atoms with E-state index in [4.69, 9.17) is 0 Å². The van der Waals surface area contributed by atoms with E-state index < -0.39 is 0 Å². The molecule has 108 valence electrons. The molecule has 0 saturated heterocycles. The second-order valence-electron chi connectivity index (χ2n) is 5.75. The SMILES string of the molecule is CCCNC1CCCCC(c2cnnn2CCC)C1. The summed E-state index contributed by atoms with van der Waals surface area (Å²) in [5, 5.41) is 12.1. The highest BCUT2D eigenvalue weighted by Crippen LogP contribution is 2.31. The Morgan fingerprint density at radius 2 is 2.11 bits per heavy atom. The fraction of sp³-hybridized carbons (Fsp3) is 0.867. The average molecular weight is 264 g/mol. The third-order valence-corrected chi connectivity index (χ3v) is 4.11. The van der Waals surface area contributed by atoms with Gasteiger partial charge in [-0.3, -0.25) is 0 Å². The molecule has 2 rings (SSSR count). The fourth-order valence-electron chi connectivity index (χ4n) is 3.13. The highest BCUT2D eigenvalue weighted by atomic mass is 15.4. The fourth-order valence-corrected chi connectivity index (χ4v) is 3.13. The van der Waals surface area contributed by atoms with E-state index in [1.807, 2.05) is 6.20 Å². The summed E-state index contributed by atoms with van der Waals surface area (Å²) in [6, 6.07) is 0.678. The average Bonchev–Trinajstić information content (AvgIpc) is 2.75. The van der Waals surface area contributed by atoms with Gasteiger partial charge in [0.2, 0.25) is 0 Å². The normalized spacial score (nSPS) is 24.3. The van der Waals surface area contributed by atoms with E-state index in [9.17, 15) is 0 Å². The Labute approximate surface area is 117 Å². The van der Waals surface area contributed by atoms with E-state index in [0.29, 0.717) is 12.0 Å². The third kappa shape index (κ3) is 4.03. The van der Waals surface area contributed by atoms with Gasteiger partial charge in [0.15, 0.2) is 0 Å². The van der Waals surface area contributed by atoms with Crippen molar-refractivity contribution >= 4 is 0 Å². The molecule has 0 spiro atoms. The van der Waals surface area contributed by atoms with Gasteiger partial charge in [-0.05, 0) is 38.6 Å². The first kappa shape index (κ1) is 14.5. The van der Waals surface area contributed by atoms with Crippen molar-refractivity contribution in [2.45, 2.75) is 77.3 Å². The molecule has 1 aliphatic rings. The summed E-state index contributed by atoms with van der Waals surface area (Å²) in [7, 11) is 0. The maximum absolute atomic E-state index is 4.25. The van der Waals surface area contributed by atoms with Crippen LogP contribution in [-0.2, 0) is 6.54 Å². The molecule has 1 heterocycles. The lowest BCUT2D eigenvalue weighted by atomic mass is 9.94. The standard InChI is InChI=1S/C15H28N4/c1-3-9-16-14-8-6-5-7-13(11-14)15-12-17-18-19(15)10-4-2/h12-14,16H,3-11H2,1-2H3. The van der Waals surface area contributed by atoms with Crippen LogP contribution in [0.5, 0.6) is 0 Å². The maximum atomic E-state index is 4.25. The topological polar surface area (TPSA) is 42.7 Å². The van der Waals surface area contributed by atoms with Gasteiger partial charge in [-0.25, -0.2) is 4.68 Å². The molecule has 2 atom stereocenters. The summed E-state index contributed by atoms with van der Waals surface area (Å²) in [4.78, 5) is 0. The molecule has 0 amide bonds. The first-order valence-electron chi connectivity index (χ1n) is 7.96. The first-order valence-corrected chi connectivity index (χ1v) is 7.96. The van der Waals surface area contributed by atoms with Crippen molar-refractivity contribution in [1.29, 1.82) is 0 Å². The minimum atomic E-state index is 0.637. The lowest BCUT2D eigenvalue weighted by molar-refractivity contribution is 0.422. The van der Waals surface area contributed by atoms with E-state index in [1.54, 1.807) is 0 Å². The van der Waals surface area contributed by atoms with Crippen LogP contribution in [0.2, 0.25) is 0 Å². The van der Waals surface area contributed by atoms with E-state index in [0.717, 1.165) is 19.5 Å². The molecule has 1 N–H and O–H groups in total. The van der Waals surface area contributed by atoms with Gasteiger partial charge < -0.3 is 5.32 Å². The predicted octanol–water partition coefficient (Wildman–Crippen LogP) is 3.10. The molecule has 0 radical (unpaired) electrons. The second-order valence-corrected chi connectivity index (χ2v) is 5.75. The summed E-state index contributed by atoms with van der Waals surface area (Å²) < 4.78 is 2.12. The lowest BCUT2D eigenvalue weighted by Crippen LogP contribution is -2.30. The number of hydrogen-bond donors (Lipinski definition) is 1. The van der Waals surface area contributed by atoms with Gasteiger partial charge in [-0.2, -0.15) is 0 Å². The predicted molar refractivity (Wildman–Crippen MR) is 78.2 cm³/mol. The van der Waals surface area contributed by atoms with E-state index in [-0.39, 0.29) is 0 Å². The molecule has 0 aromatic carbocycles. The summed E-state index contributed by atoms with van der Waals surface area (Å²) in [5.74, 6) is 0.637. The molecule has 4 heteroatoms. The van der Waals surface area contributed by atoms with Crippen molar-refractivity contribution in [3.05, 3.63) is 11.9 Å². The van der Waals surface area contributed by atoms with Crippen molar-refractivity contribution in [3.63, 3.8) is 0 Å². The number of nitrogens with one attached hydrogen (secondary N) is 1. The Hall–Kier alpha value is -0.900. The molecular formula is C15H28N4. The zero-order valence-electron chi connectivity index (χ0n) is 12.4. The highest BCUT2D eigenvalue weighted by Gasteiger charge is 2.23. The molecule has 1 saturated carbocycles. The summed E-state index contributed by atoms with van der Waals surface area (Å²) in [5.41, 5.74) is 1.35. The van der Waals surface area contributed by atoms with E-state index in [2.05, 4.69) is 34.2 Å². The molecule has 2 unspecified atom stereocenters. The van der Waals surface area contributed by atoms with Crippen LogP contribution < -0.4 is 5.32 Å². The van der Waals surface area contributed by atoms with Crippen molar-refractivity contribution in [2.24, 2.45) is 0 Å². The molecule has 4 nitrogen and oxygen atoms in total. The number of aromatic nitrogens is 3. The van der Waals surface area contributed by atoms with Crippen molar-refractivity contribution in [3.8, 4) is 0 Å². The zero-order chi connectivity index (χ0) is 13.5. The van der Waals surface area contributed by atoms with Gasteiger partial charge in [-0.15, -0.1) is 5.10 Å². The van der Waals surface area contributed by atoms with Crippen LogP contribution >= 0.6 is 0 Å². The lowest BCUT2D eigenvalue weighted by Gasteiger charge is -2.21. The first-order chi connectivity index (χ1) is 9.35. The number of aryl methyl sites for hydroxylation is 1. The zero-order valence-corrected chi connectivity index (χ0v) is 12.4. The minimum absolute atomic E-state index is 0.637. The summed E-state index contributed by atoms with van der Waals surface area (Å²) >= 11 is 0. The van der Waals surface area contributed by atoms with Crippen LogP contribution in [0, 0.1) is 0 Å². The second kappa shape index (κ2) is 7.63. The Bertz CT molecular complexity index is 361. The van der Waals surface area contributed by atoms with E-state index in [1.165, 1.54) is 44.2 Å². The van der Waals surface area contributed by atoms with Crippen LogP contribution in [-0.4, -0.2) is 27.6 Å². The van der Waals surface area contributed by atoms with Crippen LogP contribution in [0.15, 0.2) is 6.20 Å². The molecule has 0 bridgehead atoms. The Morgan fingerprint density at radius 3 is 2.89 bits per heavy atom. The van der Waals surface area contributed by atoms with Gasteiger partial charge in [0.05, 0.1) is 11.9 Å². The van der Waals surface area contributed by atoms with Crippen molar-refractivity contribution in [1.82, 2.24) is 20.3 Å². The van der Waals surface area contributed by atoms with Gasteiger partial charge in [0.25, 0.3) is 0 Å². The van der Waals surface area contributed by atoms with Crippen molar-refractivity contribution in [2.75, 3.05) is 6.54 Å². The van der Waals surface area contributed by atoms with Gasteiger partial charge in [0, 0.05) is 18.5 Å². The Morgan fingerprint density at radius 1 is 1.26 bits per heavy atom. The molecule has 1 aromatic heterocycles. The molecule has 0 aliphatic heterocycles. The van der Waals surface area contributed by atoms with Crippen LogP contribution in [0.4, 0.5) is 0 Å². The van der Waals surface area contributed by atoms with E-state index >= 15 is 0 Å². The minimum Gasteiger partial charge on any atom is -0.314 e. The smallest absolute Gasteiger partial charge is 0.0728 e. The summed E-state index contributed by atoms with van der Waals surface area (Å²) in [6.07, 6.45) is 10.9. The monoisotopic (exact) mass is 264 g/mol. The van der Waals surface area contributed by atoms with Gasteiger partial charge in [0.1, 0.15) is 0 Å². The molecular weight excluding hydrogens is 236 g/mol. The molecule has 1 aliphatic carbocycles. The highest BCUT2D eigenvalue weighted by molar-refractivity contribution is 5.05. The largest absolute Gasteiger partial charge is 0.314 e. The maximum Gasteiger partial charge on any atom is 0.0728 e. The van der Waals surface area contributed by atoms with Gasteiger partial charge in [-0.1, -0.05) is 31.9 Å². The number of nitrogens with zero attached hydrogens (tertiary/aromatic N) is 3. The van der Waals surface area contributed by atoms with Crippen molar-refractivity contribution < 1.29 is 0 Å². The quantitative estimate of drug-likeness (QED) is 0.803. The summed E-state index contributed by atoms with van der Waals surface area (Å²) in [6.45, 7) is 6.58. The third-order valence-electron chi connectivity index (χ3n) is 4.11. The van der Waals surface area contributed by atoms with Crippen LogP contribution in [0.1, 0.15) is 70.4 Å². The van der Waals surface area contributed by atoms with Crippen LogP contribution in [0.3, 0.4) is 0 Å². The number of hydrogen-bond acceptors (Lipinski definition) is 3.